The molecule has 1 fully saturated rings. The Bertz CT molecular complexity index is 1110. The van der Waals surface area contributed by atoms with Crippen LogP contribution in [0.5, 0.6) is 5.88 Å². The van der Waals surface area contributed by atoms with Gasteiger partial charge in [0, 0.05) is 33.4 Å². The molecule has 3 aromatic heterocycles. The summed E-state index contributed by atoms with van der Waals surface area (Å²) in [7, 11) is 4.85. The van der Waals surface area contributed by atoms with E-state index in [4.69, 9.17) is 9.47 Å². The van der Waals surface area contributed by atoms with Crippen LogP contribution in [0.2, 0.25) is 0 Å². The summed E-state index contributed by atoms with van der Waals surface area (Å²) in [6.45, 7) is 2.80. The lowest BCUT2D eigenvalue weighted by molar-refractivity contribution is 0.0826. The number of carbonyl (C=O) groups is 2. The summed E-state index contributed by atoms with van der Waals surface area (Å²) in [5.74, 6) is -0.197. The highest BCUT2D eigenvalue weighted by atomic mass is 32.1. The van der Waals surface area contributed by atoms with Crippen molar-refractivity contribution in [2.24, 2.45) is 0 Å². The van der Waals surface area contributed by atoms with Gasteiger partial charge in [0.05, 0.1) is 42.5 Å². The molecular formula is C20H22N6O4S. The predicted molar refractivity (Wildman–Crippen MR) is 117 cm³/mol. The van der Waals surface area contributed by atoms with E-state index in [-0.39, 0.29) is 11.6 Å². The van der Waals surface area contributed by atoms with Crippen molar-refractivity contribution >= 4 is 44.2 Å². The van der Waals surface area contributed by atoms with Crippen LogP contribution in [0.1, 0.15) is 20.8 Å². The summed E-state index contributed by atoms with van der Waals surface area (Å²) in [4.78, 5) is 41.3. The third-order valence-electron chi connectivity index (χ3n) is 4.78. The number of hydrogen-bond donors (Lipinski definition) is 1. The summed E-state index contributed by atoms with van der Waals surface area (Å²) in [6.07, 6.45) is 3.15. The number of thiazole rings is 1. The Balaban J connectivity index is 1.59. The lowest BCUT2D eigenvalue weighted by atomic mass is 10.2. The number of carbonyl (C=O) groups excluding carboxylic acids is 2. The van der Waals surface area contributed by atoms with Crippen LogP contribution in [0.15, 0.2) is 24.5 Å². The lowest BCUT2D eigenvalue weighted by Gasteiger charge is -2.28. The first-order valence-electron chi connectivity index (χ1n) is 9.63. The molecule has 4 heterocycles. The van der Waals surface area contributed by atoms with Crippen LogP contribution in [0.4, 0.5) is 10.8 Å². The van der Waals surface area contributed by atoms with Gasteiger partial charge in [-0.15, -0.1) is 0 Å². The van der Waals surface area contributed by atoms with E-state index in [1.54, 1.807) is 26.4 Å². The van der Waals surface area contributed by atoms with E-state index < -0.39 is 5.91 Å². The number of methoxy groups -OCH3 is 1. The van der Waals surface area contributed by atoms with Crippen molar-refractivity contribution in [3.8, 4) is 5.88 Å². The Hall–Kier alpha value is -3.31. The van der Waals surface area contributed by atoms with Crippen LogP contribution in [0.25, 0.3) is 10.2 Å². The summed E-state index contributed by atoms with van der Waals surface area (Å²) in [6, 6.07) is 3.09. The highest BCUT2D eigenvalue weighted by Crippen LogP contribution is 2.38. The molecule has 2 amide bonds. The zero-order valence-corrected chi connectivity index (χ0v) is 18.2. The first-order valence-corrected chi connectivity index (χ1v) is 10.4. The van der Waals surface area contributed by atoms with E-state index in [0.717, 1.165) is 23.5 Å². The van der Waals surface area contributed by atoms with Crippen LogP contribution in [0, 0.1) is 0 Å². The van der Waals surface area contributed by atoms with Crippen LogP contribution in [-0.2, 0) is 4.74 Å². The highest BCUT2D eigenvalue weighted by Gasteiger charge is 2.21. The molecule has 0 unspecified atom stereocenters. The zero-order chi connectivity index (χ0) is 22.0. The second kappa shape index (κ2) is 8.82. The van der Waals surface area contributed by atoms with Crippen molar-refractivity contribution in [2.75, 3.05) is 57.7 Å². The number of amides is 2. The predicted octanol–water partition coefficient (Wildman–Crippen LogP) is 1.89. The van der Waals surface area contributed by atoms with Crippen molar-refractivity contribution < 1.29 is 19.1 Å². The molecular weight excluding hydrogens is 420 g/mol. The van der Waals surface area contributed by atoms with Gasteiger partial charge in [0.2, 0.25) is 5.88 Å². The van der Waals surface area contributed by atoms with Crippen molar-refractivity contribution in [2.45, 2.75) is 0 Å². The molecule has 0 aliphatic carbocycles. The summed E-state index contributed by atoms with van der Waals surface area (Å²) >= 11 is 1.35. The van der Waals surface area contributed by atoms with E-state index in [0.29, 0.717) is 35.3 Å². The second-order valence-electron chi connectivity index (χ2n) is 7.03. The van der Waals surface area contributed by atoms with Gasteiger partial charge in [-0.2, -0.15) is 0 Å². The summed E-state index contributed by atoms with van der Waals surface area (Å²) < 4.78 is 11.7. The van der Waals surface area contributed by atoms with Gasteiger partial charge < -0.3 is 19.3 Å². The molecule has 1 N–H and O–H groups in total. The third kappa shape index (κ3) is 4.28. The molecule has 0 bridgehead atoms. The summed E-state index contributed by atoms with van der Waals surface area (Å²) in [5.41, 5.74) is 2.12. The molecule has 162 valence electrons. The number of morpholine rings is 1. The number of anilines is 2. The fourth-order valence-electron chi connectivity index (χ4n) is 3.18. The molecule has 0 radical (unpaired) electrons. The fraction of sp³-hybridized carbons (Fsp3) is 0.350. The molecule has 31 heavy (non-hydrogen) atoms. The van der Waals surface area contributed by atoms with Crippen LogP contribution in [-0.4, -0.2) is 79.2 Å². The van der Waals surface area contributed by atoms with E-state index in [9.17, 15) is 9.59 Å². The topological polar surface area (TPSA) is 110 Å². The maximum Gasteiger partial charge on any atom is 0.276 e. The molecule has 4 rings (SSSR count). The SMILES string of the molecule is COc1ncc(N2CCOCC2)c2sc(NC(=O)c3ccc(C(=O)N(C)C)cn3)nc12. The number of nitrogens with one attached hydrogen (secondary N) is 1. The van der Waals surface area contributed by atoms with Crippen LogP contribution in [0.3, 0.4) is 0 Å². The molecule has 3 aromatic rings. The molecule has 1 aliphatic heterocycles. The Kier molecular flexibility index (Phi) is 5.96. The molecule has 1 saturated heterocycles. The Morgan fingerprint density at radius 1 is 1.19 bits per heavy atom. The Morgan fingerprint density at radius 2 is 1.97 bits per heavy atom. The lowest BCUT2D eigenvalue weighted by Crippen LogP contribution is -2.36. The normalized spacial score (nSPS) is 13.8. The average molecular weight is 443 g/mol. The van der Waals surface area contributed by atoms with Crippen molar-refractivity contribution in [1.29, 1.82) is 0 Å². The van der Waals surface area contributed by atoms with Gasteiger partial charge in [-0.05, 0) is 12.1 Å². The maximum atomic E-state index is 12.7. The van der Waals surface area contributed by atoms with Gasteiger partial charge in [0.25, 0.3) is 11.8 Å². The molecule has 0 spiro atoms. The number of rotatable bonds is 5. The largest absolute Gasteiger partial charge is 0.479 e. The van der Waals surface area contributed by atoms with Crippen LogP contribution < -0.4 is 15.0 Å². The van der Waals surface area contributed by atoms with Crippen molar-refractivity contribution in [3.05, 3.63) is 35.8 Å². The number of fused-ring (bicyclic) bond motifs is 1. The van der Waals surface area contributed by atoms with Gasteiger partial charge in [-0.25, -0.2) is 9.97 Å². The number of hydrogen-bond acceptors (Lipinski definition) is 9. The zero-order valence-electron chi connectivity index (χ0n) is 17.4. The number of pyridine rings is 2. The van der Waals surface area contributed by atoms with E-state index in [2.05, 4.69) is 25.2 Å². The van der Waals surface area contributed by atoms with E-state index in [1.165, 1.54) is 35.6 Å². The second-order valence-corrected chi connectivity index (χ2v) is 8.03. The Labute approximate surface area is 182 Å². The van der Waals surface area contributed by atoms with E-state index >= 15 is 0 Å². The number of aromatic nitrogens is 3. The van der Waals surface area contributed by atoms with E-state index in [1.807, 2.05) is 0 Å². The monoisotopic (exact) mass is 442 g/mol. The van der Waals surface area contributed by atoms with Crippen LogP contribution >= 0.6 is 11.3 Å². The molecule has 0 atom stereocenters. The smallest absolute Gasteiger partial charge is 0.276 e. The Morgan fingerprint density at radius 3 is 2.61 bits per heavy atom. The van der Waals surface area contributed by atoms with Gasteiger partial charge in [-0.3, -0.25) is 19.9 Å². The molecule has 1 aliphatic rings. The third-order valence-corrected chi connectivity index (χ3v) is 5.77. The maximum absolute atomic E-state index is 12.7. The minimum absolute atomic E-state index is 0.180. The minimum atomic E-state index is -0.414. The van der Waals surface area contributed by atoms with Gasteiger partial charge in [0.15, 0.2) is 5.13 Å². The molecule has 0 saturated carbocycles. The standard InChI is InChI=1S/C20H22N6O4S/c1-25(2)19(28)12-4-5-13(21-10-12)17(27)24-20-23-15-16(31-20)14(11-22-18(15)29-3)26-6-8-30-9-7-26/h4-5,10-11H,6-9H2,1-3H3,(H,23,24,27). The highest BCUT2D eigenvalue weighted by molar-refractivity contribution is 7.23. The quantitative estimate of drug-likeness (QED) is 0.638. The molecule has 11 heteroatoms. The first-order chi connectivity index (χ1) is 15.0. The summed E-state index contributed by atoms with van der Waals surface area (Å²) in [5, 5.41) is 3.20. The van der Waals surface area contributed by atoms with Crippen molar-refractivity contribution in [3.63, 3.8) is 0 Å². The van der Waals surface area contributed by atoms with Gasteiger partial charge in [0.1, 0.15) is 11.2 Å². The number of ether oxygens (including phenoxy) is 2. The molecule has 0 aromatic carbocycles. The molecule has 10 nitrogen and oxygen atoms in total. The number of nitrogens with zero attached hydrogens (tertiary/aromatic N) is 5. The fourth-order valence-corrected chi connectivity index (χ4v) is 4.17. The first kappa shape index (κ1) is 20.9. The van der Waals surface area contributed by atoms with Crippen molar-refractivity contribution in [1.82, 2.24) is 19.9 Å². The van der Waals surface area contributed by atoms with Gasteiger partial charge >= 0.3 is 0 Å². The van der Waals surface area contributed by atoms with Gasteiger partial charge in [-0.1, -0.05) is 11.3 Å². The minimum Gasteiger partial charge on any atom is -0.479 e. The average Bonchev–Trinajstić information content (AvgIpc) is 3.22.